The number of benzene rings is 2. The van der Waals surface area contributed by atoms with E-state index in [2.05, 4.69) is 10.1 Å². The molecule has 0 bridgehead atoms. The Morgan fingerprint density at radius 3 is 2.44 bits per heavy atom. The summed E-state index contributed by atoms with van der Waals surface area (Å²) in [5, 5.41) is 2.36. The van der Waals surface area contributed by atoms with Crippen LogP contribution in [0.15, 0.2) is 48.5 Å². The SMILES string of the molecule is CCCOc1ccc(C(=O)OCC(=O)Nc2ccccc2OC(F)F)cc1. The van der Waals surface area contributed by atoms with Gasteiger partial charge in [-0.2, -0.15) is 8.78 Å². The predicted molar refractivity (Wildman–Crippen MR) is 94.2 cm³/mol. The lowest BCUT2D eigenvalue weighted by Crippen LogP contribution is -2.21. The van der Waals surface area contributed by atoms with Gasteiger partial charge in [-0.1, -0.05) is 19.1 Å². The van der Waals surface area contributed by atoms with Crippen molar-refractivity contribution in [2.75, 3.05) is 18.5 Å². The van der Waals surface area contributed by atoms with Crippen molar-refractivity contribution in [2.45, 2.75) is 20.0 Å². The zero-order valence-electron chi connectivity index (χ0n) is 14.6. The molecule has 8 heteroatoms. The van der Waals surface area contributed by atoms with E-state index in [-0.39, 0.29) is 17.0 Å². The molecule has 2 rings (SSSR count). The highest BCUT2D eigenvalue weighted by molar-refractivity contribution is 5.96. The van der Waals surface area contributed by atoms with Gasteiger partial charge in [-0.05, 0) is 42.8 Å². The van der Waals surface area contributed by atoms with Crippen molar-refractivity contribution in [3.8, 4) is 11.5 Å². The summed E-state index contributed by atoms with van der Waals surface area (Å²) in [6, 6.07) is 12.0. The normalized spacial score (nSPS) is 10.4. The lowest BCUT2D eigenvalue weighted by molar-refractivity contribution is -0.119. The first-order valence-electron chi connectivity index (χ1n) is 8.23. The number of halogens is 2. The quantitative estimate of drug-likeness (QED) is 0.670. The third kappa shape index (κ3) is 6.58. The Balaban J connectivity index is 1.87. The largest absolute Gasteiger partial charge is 0.494 e. The van der Waals surface area contributed by atoms with Crippen molar-refractivity contribution in [3.05, 3.63) is 54.1 Å². The number of para-hydroxylation sites is 2. The Hall–Kier alpha value is -3.16. The molecule has 0 saturated carbocycles. The molecule has 0 radical (unpaired) electrons. The second-order valence-corrected chi connectivity index (χ2v) is 5.37. The summed E-state index contributed by atoms with van der Waals surface area (Å²) in [6.45, 7) is -1.05. The van der Waals surface area contributed by atoms with Gasteiger partial charge in [0, 0.05) is 0 Å². The van der Waals surface area contributed by atoms with E-state index in [9.17, 15) is 18.4 Å². The van der Waals surface area contributed by atoms with Crippen LogP contribution in [0.25, 0.3) is 0 Å². The number of anilines is 1. The van der Waals surface area contributed by atoms with Crippen LogP contribution in [0.4, 0.5) is 14.5 Å². The number of amides is 1. The van der Waals surface area contributed by atoms with Crippen LogP contribution in [0, 0.1) is 0 Å². The standard InChI is InChI=1S/C19H19F2NO5/c1-2-11-25-14-9-7-13(8-10-14)18(24)26-12-17(23)22-15-5-3-4-6-16(15)27-19(20)21/h3-10,19H,2,11-12H2,1H3,(H,22,23). The number of rotatable bonds is 9. The topological polar surface area (TPSA) is 73.9 Å². The summed E-state index contributed by atoms with van der Waals surface area (Å²) >= 11 is 0. The summed E-state index contributed by atoms with van der Waals surface area (Å²) < 4.78 is 39.4. The second kappa shape index (κ2) is 10.1. The molecule has 6 nitrogen and oxygen atoms in total. The van der Waals surface area contributed by atoms with E-state index < -0.39 is 25.1 Å². The summed E-state index contributed by atoms with van der Waals surface area (Å²) in [5.41, 5.74) is 0.310. The average molecular weight is 379 g/mol. The van der Waals surface area contributed by atoms with Gasteiger partial charge in [-0.3, -0.25) is 4.79 Å². The minimum absolute atomic E-state index is 0.0521. The molecule has 0 fully saturated rings. The number of nitrogens with one attached hydrogen (secondary N) is 1. The van der Waals surface area contributed by atoms with Crippen molar-refractivity contribution in [1.29, 1.82) is 0 Å². The average Bonchev–Trinajstić information content (AvgIpc) is 2.66. The fourth-order valence-corrected chi connectivity index (χ4v) is 2.08. The molecule has 0 atom stereocenters. The van der Waals surface area contributed by atoms with Crippen LogP contribution < -0.4 is 14.8 Å². The van der Waals surface area contributed by atoms with Crippen LogP contribution in [-0.2, 0) is 9.53 Å². The van der Waals surface area contributed by atoms with Gasteiger partial charge in [0.15, 0.2) is 6.61 Å². The number of carbonyl (C=O) groups is 2. The van der Waals surface area contributed by atoms with Crippen molar-refractivity contribution in [3.63, 3.8) is 0 Å². The third-order valence-electron chi connectivity index (χ3n) is 3.27. The summed E-state index contributed by atoms with van der Waals surface area (Å²) in [4.78, 5) is 23.9. The van der Waals surface area contributed by atoms with Crippen molar-refractivity contribution < 1.29 is 32.6 Å². The van der Waals surface area contributed by atoms with Crippen LogP contribution >= 0.6 is 0 Å². The second-order valence-electron chi connectivity index (χ2n) is 5.37. The third-order valence-corrected chi connectivity index (χ3v) is 3.27. The zero-order chi connectivity index (χ0) is 19.6. The minimum atomic E-state index is -3.02. The first kappa shape index (κ1) is 20.2. The van der Waals surface area contributed by atoms with Crippen molar-refractivity contribution in [2.24, 2.45) is 0 Å². The lowest BCUT2D eigenvalue weighted by atomic mass is 10.2. The van der Waals surface area contributed by atoms with E-state index in [4.69, 9.17) is 9.47 Å². The number of hydrogen-bond acceptors (Lipinski definition) is 5. The number of esters is 1. The molecule has 0 aliphatic carbocycles. The summed E-state index contributed by atoms with van der Waals surface area (Å²) in [7, 11) is 0. The molecule has 1 N–H and O–H groups in total. The fraction of sp³-hybridized carbons (Fsp3) is 0.263. The molecule has 2 aromatic rings. The van der Waals surface area contributed by atoms with Gasteiger partial charge in [-0.25, -0.2) is 4.79 Å². The monoisotopic (exact) mass is 379 g/mol. The van der Waals surface area contributed by atoms with E-state index in [1.54, 1.807) is 18.2 Å². The van der Waals surface area contributed by atoms with Crippen LogP contribution in [0.2, 0.25) is 0 Å². The van der Waals surface area contributed by atoms with E-state index in [1.165, 1.54) is 30.3 Å². The van der Waals surface area contributed by atoms with Gasteiger partial charge in [0.1, 0.15) is 11.5 Å². The van der Waals surface area contributed by atoms with Crippen LogP contribution in [0.3, 0.4) is 0 Å². The minimum Gasteiger partial charge on any atom is -0.494 e. The number of ether oxygens (including phenoxy) is 3. The van der Waals surface area contributed by atoms with Gasteiger partial charge in [0.05, 0.1) is 17.9 Å². The maximum atomic E-state index is 12.4. The van der Waals surface area contributed by atoms with Gasteiger partial charge in [0.25, 0.3) is 5.91 Å². The molecule has 0 saturated heterocycles. The molecule has 0 aliphatic rings. The molecule has 0 unspecified atom stereocenters. The Bertz CT molecular complexity index is 765. The molecular weight excluding hydrogens is 360 g/mol. The van der Waals surface area contributed by atoms with Crippen LogP contribution in [-0.4, -0.2) is 31.7 Å². The van der Waals surface area contributed by atoms with Gasteiger partial charge >= 0.3 is 12.6 Å². The molecule has 2 aromatic carbocycles. The zero-order valence-corrected chi connectivity index (χ0v) is 14.6. The lowest BCUT2D eigenvalue weighted by Gasteiger charge is -2.12. The molecule has 1 amide bonds. The number of hydrogen-bond donors (Lipinski definition) is 1. The molecule has 0 spiro atoms. The smallest absolute Gasteiger partial charge is 0.387 e. The van der Waals surface area contributed by atoms with Gasteiger partial charge in [0.2, 0.25) is 0 Å². The maximum Gasteiger partial charge on any atom is 0.387 e. The molecule has 144 valence electrons. The van der Waals surface area contributed by atoms with Crippen molar-refractivity contribution >= 4 is 17.6 Å². The maximum absolute atomic E-state index is 12.4. The van der Waals surface area contributed by atoms with Gasteiger partial charge < -0.3 is 19.5 Å². The molecule has 27 heavy (non-hydrogen) atoms. The van der Waals surface area contributed by atoms with Crippen LogP contribution in [0.5, 0.6) is 11.5 Å². The first-order chi connectivity index (χ1) is 13.0. The number of alkyl halides is 2. The summed E-state index contributed by atoms with van der Waals surface area (Å²) in [5.74, 6) is -0.933. The summed E-state index contributed by atoms with van der Waals surface area (Å²) in [6.07, 6.45) is 0.865. The van der Waals surface area contributed by atoms with E-state index in [0.29, 0.717) is 12.4 Å². The molecule has 0 heterocycles. The first-order valence-corrected chi connectivity index (χ1v) is 8.23. The van der Waals surface area contributed by atoms with E-state index >= 15 is 0 Å². The van der Waals surface area contributed by atoms with E-state index in [0.717, 1.165) is 6.42 Å². The highest BCUT2D eigenvalue weighted by atomic mass is 19.3. The molecule has 0 aliphatic heterocycles. The van der Waals surface area contributed by atoms with E-state index in [1.807, 2.05) is 6.92 Å². The Morgan fingerprint density at radius 2 is 1.78 bits per heavy atom. The fourth-order valence-electron chi connectivity index (χ4n) is 2.08. The number of carbonyl (C=O) groups excluding carboxylic acids is 2. The van der Waals surface area contributed by atoms with Crippen LogP contribution in [0.1, 0.15) is 23.7 Å². The Kier molecular flexibility index (Phi) is 7.54. The van der Waals surface area contributed by atoms with Crippen molar-refractivity contribution in [1.82, 2.24) is 0 Å². The highest BCUT2D eigenvalue weighted by Crippen LogP contribution is 2.25. The Morgan fingerprint density at radius 1 is 1.07 bits per heavy atom. The Labute approximate surface area is 155 Å². The molecule has 0 aromatic heterocycles. The van der Waals surface area contributed by atoms with Gasteiger partial charge in [-0.15, -0.1) is 0 Å². The highest BCUT2D eigenvalue weighted by Gasteiger charge is 2.14. The molecular formula is C19H19F2NO5. The predicted octanol–water partition coefficient (Wildman–Crippen LogP) is 3.87.